The third-order valence-corrected chi connectivity index (χ3v) is 4.35. The maximum atomic E-state index is 12.4. The molecule has 0 aliphatic heterocycles. The molecule has 0 saturated heterocycles. The Morgan fingerprint density at radius 2 is 1.74 bits per heavy atom. The smallest absolute Gasteiger partial charge is 0.265 e. The number of thiophene rings is 1. The fraction of sp³-hybridized carbons (Fsp3) is 0.150. The van der Waals surface area contributed by atoms with Gasteiger partial charge >= 0.3 is 0 Å². The summed E-state index contributed by atoms with van der Waals surface area (Å²) in [7, 11) is 0. The molecule has 0 fully saturated rings. The molecule has 0 radical (unpaired) electrons. The van der Waals surface area contributed by atoms with Crippen LogP contribution in [0.4, 0.5) is 11.4 Å². The summed E-state index contributed by atoms with van der Waals surface area (Å²) in [6.45, 7) is 3.82. The van der Waals surface area contributed by atoms with Crippen molar-refractivity contribution in [2.24, 2.45) is 0 Å². The van der Waals surface area contributed by atoms with Crippen LogP contribution in [0.1, 0.15) is 33.9 Å². The predicted molar refractivity (Wildman–Crippen MR) is 107 cm³/mol. The summed E-state index contributed by atoms with van der Waals surface area (Å²) in [5.41, 5.74) is 1.59. The van der Waals surface area contributed by atoms with Gasteiger partial charge < -0.3 is 15.4 Å². The van der Waals surface area contributed by atoms with Gasteiger partial charge in [-0.15, -0.1) is 11.3 Å². The molecule has 3 rings (SSSR count). The van der Waals surface area contributed by atoms with Gasteiger partial charge in [0.25, 0.3) is 11.8 Å². The summed E-state index contributed by atoms with van der Waals surface area (Å²) in [6, 6.07) is 13.9. The molecule has 0 atom stereocenters. The molecule has 0 bridgehead atoms. The molecule has 0 aliphatic rings. The van der Waals surface area contributed by atoms with Crippen molar-refractivity contribution in [2.45, 2.75) is 20.0 Å². The molecule has 2 heterocycles. The first-order valence-corrected chi connectivity index (χ1v) is 9.28. The lowest BCUT2D eigenvalue weighted by Gasteiger charge is -2.10. The first kappa shape index (κ1) is 18.6. The number of hydrogen-bond donors (Lipinski definition) is 2. The highest BCUT2D eigenvalue weighted by molar-refractivity contribution is 7.12. The third-order valence-electron chi connectivity index (χ3n) is 3.48. The number of carbonyl (C=O) groups excluding carboxylic acids is 2. The van der Waals surface area contributed by atoms with Crippen LogP contribution in [0, 0.1) is 0 Å². The van der Waals surface area contributed by atoms with Gasteiger partial charge in [0.15, 0.2) is 0 Å². The summed E-state index contributed by atoms with van der Waals surface area (Å²) in [6.07, 6.45) is 1.49. The van der Waals surface area contributed by atoms with E-state index in [0.717, 1.165) is 0 Å². The van der Waals surface area contributed by atoms with Gasteiger partial charge in [0, 0.05) is 23.6 Å². The second-order valence-electron chi connectivity index (χ2n) is 6.02. The quantitative estimate of drug-likeness (QED) is 0.662. The highest BCUT2D eigenvalue weighted by Gasteiger charge is 2.10. The number of hydrogen-bond acceptors (Lipinski definition) is 5. The zero-order valence-corrected chi connectivity index (χ0v) is 15.7. The van der Waals surface area contributed by atoms with E-state index in [4.69, 9.17) is 4.74 Å². The standard InChI is InChI=1S/C20H19N3O3S/c1-13(2)26-18-9-8-14(12-21-18)19(24)22-15-5-3-6-16(11-15)23-20(25)17-7-4-10-27-17/h3-13H,1-2H3,(H,22,24)(H,23,25). The van der Waals surface area contributed by atoms with Gasteiger partial charge in [0.05, 0.1) is 16.5 Å². The van der Waals surface area contributed by atoms with Crippen LogP contribution in [0.15, 0.2) is 60.1 Å². The number of anilines is 2. The number of nitrogens with zero attached hydrogens (tertiary/aromatic N) is 1. The largest absolute Gasteiger partial charge is 0.475 e. The van der Waals surface area contributed by atoms with Crippen molar-refractivity contribution in [3.05, 3.63) is 70.5 Å². The molecule has 0 spiro atoms. The fourth-order valence-corrected chi connectivity index (χ4v) is 2.92. The van der Waals surface area contributed by atoms with Gasteiger partial charge in [0.2, 0.25) is 5.88 Å². The van der Waals surface area contributed by atoms with Crippen molar-refractivity contribution < 1.29 is 14.3 Å². The number of amides is 2. The summed E-state index contributed by atoms with van der Waals surface area (Å²) < 4.78 is 5.47. The van der Waals surface area contributed by atoms with Crippen molar-refractivity contribution in [1.29, 1.82) is 0 Å². The second-order valence-corrected chi connectivity index (χ2v) is 6.97. The summed E-state index contributed by atoms with van der Waals surface area (Å²) in [5.74, 6) is -0.00131. The Morgan fingerprint density at radius 3 is 2.33 bits per heavy atom. The average molecular weight is 381 g/mol. The van der Waals surface area contributed by atoms with E-state index >= 15 is 0 Å². The van der Waals surface area contributed by atoms with Crippen molar-refractivity contribution in [2.75, 3.05) is 10.6 Å². The van der Waals surface area contributed by atoms with Crippen LogP contribution in [-0.4, -0.2) is 22.9 Å². The van der Waals surface area contributed by atoms with E-state index in [-0.39, 0.29) is 17.9 Å². The van der Waals surface area contributed by atoms with Crippen molar-refractivity contribution >= 4 is 34.5 Å². The Morgan fingerprint density at radius 1 is 1.00 bits per heavy atom. The van der Waals surface area contributed by atoms with E-state index in [1.807, 2.05) is 25.3 Å². The molecular weight excluding hydrogens is 362 g/mol. The molecule has 0 unspecified atom stereocenters. The van der Waals surface area contributed by atoms with Crippen molar-refractivity contribution in [3.8, 4) is 5.88 Å². The number of aromatic nitrogens is 1. The maximum Gasteiger partial charge on any atom is 0.265 e. The van der Waals surface area contributed by atoms with Crippen LogP contribution in [0.3, 0.4) is 0 Å². The number of rotatable bonds is 6. The number of ether oxygens (including phenoxy) is 1. The molecule has 27 heavy (non-hydrogen) atoms. The predicted octanol–water partition coefficient (Wildman–Crippen LogP) is 4.43. The minimum atomic E-state index is -0.291. The Labute approximate surface area is 161 Å². The van der Waals surface area contributed by atoms with Crippen LogP contribution in [0.2, 0.25) is 0 Å². The Balaban J connectivity index is 1.65. The maximum absolute atomic E-state index is 12.4. The van der Waals surface area contributed by atoms with Gasteiger partial charge in [0.1, 0.15) is 0 Å². The molecule has 0 saturated carbocycles. The van der Waals surface area contributed by atoms with E-state index in [1.165, 1.54) is 17.5 Å². The first-order chi connectivity index (χ1) is 13.0. The zero-order valence-electron chi connectivity index (χ0n) is 14.9. The van der Waals surface area contributed by atoms with Crippen LogP contribution < -0.4 is 15.4 Å². The van der Waals surface area contributed by atoms with Crippen LogP contribution in [0.5, 0.6) is 5.88 Å². The van der Waals surface area contributed by atoms with Crippen molar-refractivity contribution in [3.63, 3.8) is 0 Å². The highest BCUT2D eigenvalue weighted by atomic mass is 32.1. The molecule has 3 aromatic rings. The monoisotopic (exact) mass is 381 g/mol. The van der Waals surface area contributed by atoms with E-state index in [0.29, 0.717) is 27.7 Å². The van der Waals surface area contributed by atoms with Crippen molar-refractivity contribution in [1.82, 2.24) is 4.98 Å². The molecule has 7 heteroatoms. The summed E-state index contributed by atoms with van der Waals surface area (Å²) in [5, 5.41) is 7.46. The lowest BCUT2D eigenvalue weighted by Crippen LogP contribution is -2.14. The third kappa shape index (κ3) is 5.15. The number of pyridine rings is 1. The molecule has 2 N–H and O–H groups in total. The lowest BCUT2D eigenvalue weighted by atomic mass is 10.2. The molecule has 2 amide bonds. The highest BCUT2D eigenvalue weighted by Crippen LogP contribution is 2.18. The zero-order chi connectivity index (χ0) is 19.2. The summed E-state index contributed by atoms with van der Waals surface area (Å²) >= 11 is 1.37. The van der Waals surface area contributed by atoms with Crippen LogP contribution in [0.25, 0.3) is 0 Å². The minimum absolute atomic E-state index is 0.0179. The topological polar surface area (TPSA) is 80.3 Å². The van der Waals surface area contributed by atoms with Gasteiger partial charge in [-0.3, -0.25) is 9.59 Å². The molecule has 0 aliphatic carbocycles. The lowest BCUT2D eigenvalue weighted by molar-refractivity contribution is 0.102. The first-order valence-electron chi connectivity index (χ1n) is 8.40. The van der Waals surface area contributed by atoms with E-state index in [2.05, 4.69) is 15.6 Å². The van der Waals surface area contributed by atoms with Crippen LogP contribution >= 0.6 is 11.3 Å². The molecule has 138 valence electrons. The number of carbonyl (C=O) groups is 2. The van der Waals surface area contributed by atoms with E-state index in [9.17, 15) is 9.59 Å². The Bertz CT molecular complexity index is 922. The molecular formula is C20H19N3O3S. The fourth-order valence-electron chi connectivity index (χ4n) is 2.30. The normalized spacial score (nSPS) is 10.5. The molecule has 2 aromatic heterocycles. The van der Waals surface area contributed by atoms with Gasteiger partial charge in [-0.2, -0.15) is 0 Å². The minimum Gasteiger partial charge on any atom is -0.475 e. The molecule has 6 nitrogen and oxygen atoms in total. The van der Waals surface area contributed by atoms with Crippen LogP contribution in [-0.2, 0) is 0 Å². The molecule has 1 aromatic carbocycles. The van der Waals surface area contributed by atoms with E-state index in [1.54, 1.807) is 42.5 Å². The van der Waals surface area contributed by atoms with Gasteiger partial charge in [-0.1, -0.05) is 12.1 Å². The van der Waals surface area contributed by atoms with Gasteiger partial charge in [-0.25, -0.2) is 4.98 Å². The number of benzene rings is 1. The number of nitrogens with one attached hydrogen (secondary N) is 2. The Hall–Kier alpha value is -3.19. The average Bonchev–Trinajstić information content (AvgIpc) is 3.17. The van der Waals surface area contributed by atoms with E-state index < -0.39 is 0 Å². The Kier molecular flexibility index (Phi) is 5.83. The second kappa shape index (κ2) is 8.46. The van der Waals surface area contributed by atoms with Gasteiger partial charge in [-0.05, 0) is 49.6 Å². The summed E-state index contributed by atoms with van der Waals surface area (Å²) in [4.78, 5) is 29.3. The SMILES string of the molecule is CC(C)Oc1ccc(C(=O)Nc2cccc(NC(=O)c3cccs3)c2)cn1.